The average Bonchev–Trinajstić information content (AvgIpc) is 2.31. The Morgan fingerprint density at radius 1 is 1.59 bits per heavy atom. The predicted molar refractivity (Wildman–Crippen MR) is 65.0 cm³/mol. The quantitative estimate of drug-likeness (QED) is 0.590. The predicted octanol–water partition coefficient (Wildman–Crippen LogP) is 0.916. The first-order valence-electron chi connectivity index (χ1n) is 5.38. The Morgan fingerprint density at radius 2 is 2.29 bits per heavy atom. The lowest BCUT2D eigenvalue weighted by atomic mass is 10.2. The van der Waals surface area contributed by atoms with Gasteiger partial charge in [0, 0.05) is 5.56 Å². The largest absolute Gasteiger partial charge is 0.493 e. The molecule has 0 unspecified atom stereocenters. The minimum Gasteiger partial charge on any atom is -0.493 e. The fourth-order valence-electron chi connectivity index (χ4n) is 1.13. The second-order valence-electron chi connectivity index (χ2n) is 3.38. The lowest BCUT2D eigenvalue weighted by Crippen LogP contribution is -2.28. The SMILES string of the molecule is CCOc1ccccc1/C=N\NC(=O)[C@H](C)O. The fraction of sp³-hybridized carbons (Fsp3) is 0.333. The second kappa shape index (κ2) is 6.65. The molecule has 0 heterocycles. The number of benzene rings is 1. The van der Waals surface area contributed by atoms with Crippen molar-refractivity contribution in [2.75, 3.05) is 6.61 Å². The van der Waals surface area contributed by atoms with Gasteiger partial charge in [0.1, 0.15) is 11.9 Å². The molecule has 0 spiro atoms. The molecule has 1 rings (SSSR count). The zero-order valence-electron chi connectivity index (χ0n) is 9.88. The third kappa shape index (κ3) is 4.24. The first-order valence-corrected chi connectivity index (χ1v) is 5.38. The van der Waals surface area contributed by atoms with Crippen molar-refractivity contribution in [1.29, 1.82) is 0 Å². The van der Waals surface area contributed by atoms with Gasteiger partial charge in [-0.3, -0.25) is 4.79 Å². The maximum absolute atomic E-state index is 11.0. The van der Waals surface area contributed by atoms with E-state index in [0.717, 1.165) is 5.56 Å². The molecule has 1 atom stereocenters. The van der Waals surface area contributed by atoms with Crippen LogP contribution in [0.25, 0.3) is 0 Å². The van der Waals surface area contributed by atoms with Gasteiger partial charge in [0.05, 0.1) is 12.8 Å². The van der Waals surface area contributed by atoms with Gasteiger partial charge in [0.15, 0.2) is 0 Å². The van der Waals surface area contributed by atoms with Crippen molar-refractivity contribution in [3.8, 4) is 5.75 Å². The number of aliphatic hydroxyl groups excluding tert-OH is 1. The molecule has 0 bridgehead atoms. The van der Waals surface area contributed by atoms with Crippen LogP contribution in [0, 0.1) is 0 Å². The van der Waals surface area contributed by atoms with Crippen LogP contribution in [0.2, 0.25) is 0 Å². The number of aliphatic hydroxyl groups is 1. The Labute approximate surface area is 100 Å². The summed E-state index contributed by atoms with van der Waals surface area (Å²) in [4.78, 5) is 11.0. The van der Waals surface area contributed by atoms with Gasteiger partial charge in [0.25, 0.3) is 5.91 Å². The number of nitrogens with one attached hydrogen (secondary N) is 1. The Morgan fingerprint density at radius 3 is 2.94 bits per heavy atom. The van der Waals surface area contributed by atoms with E-state index in [0.29, 0.717) is 12.4 Å². The number of carbonyl (C=O) groups is 1. The van der Waals surface area contributed by atoms with Crippen LogP contribution in [0.1, 0.15) is 19.4 Å². The van der Waals surface area contributed by atoms with Crippen molar-refractivity contribution >= 4 is 12.1 Å². The molecule has 2 N–H and O–H groups in total. The molecule has 17 heavy (non-hydrogen) atoms. The molecule has 0 aromatic heterocycles. The Bertz CT molecular complexity index is 402. The van der Waals surface area contributed by atoms with Gasteiger partial charge in [-0.05, 0) is 26.0 Å². The fourth-order valence-corrected chi connectivity index (χ4v) is 1.13. The summed E-state index contributed by atoms with van der Waals surface area (Å²) in [6.07, 6.45) is 0.403. The average molecular weight is 236 g/mol. The van der Waals surface area contributed by atoms with Crippen molar-refractivity contribution < 1.29 is 14.6 Å². The molecule has 92 valence electrons. The van der Waals surface area contributed by atoms with E-state index >= 15 is 0 Å². The molecule has 0 saturated carbocycles. The summed E-state index contributed by atoms with van der Waals surface area (Å²) in [7, 11) is 0. The second-order valence-corrected chi connectivity index (χ2v) is 3.38. The summed E-state index contributed by atoms with van der Waals surface area (Å²) >= 11 is 0. The van der Waals surface area contributed by atoms with Crippen molar-refractivity contribution in [2.24, 2.45) is 5.10 Å². The van der Waals surface area contributed by atoms with E-state index in [1.807, 2.05) is 31.2 Å². The topological polar surface area (TPSA) is 70.9 Å². The zero-order chi connectivity index (χ0) is 12.7. The van der Waals surface area contributed by atoms with Crippen LogP contribution in [0.4, 0.5) is 0 Å². The lowest BCUT2D eigenvalue weighted by molar-refractivity contribution is -0.128. The third-order valence-corrected chi connectivity index (χ3v) is 1.98. The number of nitrogens with zero attached hydrogens (tertiary/aromatic N) is 1. The molecule has 1 aromatic carbocycles. The summed E-state index contributed by atoms with van der Waals surface area (Å²) < 4.78 is 5.39. The maximum Gasteiger partial charge on any atom is 0.268 e. The summed E-state index contributed by atoms with van der Waals surface area (Å²) in [5.74, 6) is 0.153. The highest BCUT2D eigenvalue weighted by Crippen LogP contribution is 2.15. The standard InChI is InChI=1S/C12H16N2O3/c1-3-17-11-7-5-4-6-10(11)8-13-14-12(16)9(2)15/h4-9,15H,3H2,1-2H3,(H,14,16)/b13-8-/t9-/m0/s1. The molecule has 1 amide bonds. The van der Waals surface area contributed by atoms with Gasteiger partial charge in [0.2, 0.25) is 0 Å². The first kappa shape index (κ1) is 13.2. The van der Waals surface area contributed by atoms with E-state index in [1.165, 1.54) is 13.1 Å². The number of hydrogen-bond donors (Lipinski definition) is 2. The highest BCUT2D eigenvalue weighted by atomic mass is 16.5. The van der Waals surface area contributed by atoms with Gasteiger partial charge in [-0.15, -0.1) is 0 Å². The number of hydrogen-bond acceptors (Lipinski definition) is 4. The van der Waals surface area contributed by atoms with E-state index in [4.69, 9.17) is 9.84 Å². The van der Waals surface area contributed by atoms with Crippen LogP contribution in [0.15, 0.2) is 29.4 Å². The molecule has 0 aliphatic rings. The summed E-state index contributed by atoms with van der Waals surface area (Å²) in [5, 5.41) is 12.7. The Kier molecular flexibility index (Phi) is 5.16. The van der Waals surface area contributed by atoms with Crippen molar-refractivity contribution in [2.45, 2.75) is 20.0 Å². The highest BCUT2D eigenvalue weighted by molar-refractivity contribution is 5.86. The van der Waals surface area contributed by atoms with Crippen molar-refractivity contribution in [3.05, 3.63) is 29.8 Å². The van der Waals surface area contributed by atoms with Crippen LogP contribution in [0.5, 0.6) is 5.75 Å². The monoisotopic (exact) mass is 236 g/mol. The van der Waals surface area contributed by atoms with E-state index in [2.05, 4.69) is 10.5 Å². The lowest BCUT2D eigenvalue weighted by Gasteiger charge is -2.06. The summed E-state index contributed by atoms with van der Waals surface area (Å²) in [6.45, 7) is 3.83. The number of amides is 1. The van der Waals surface area contributed by atoms with E-state index in [1.54, 1.807) is 0 Å². The number of rotatable bonds is 5. The summed E-state index contributed by atoms with van der Waals surface area (Å²) in [6, 6.07) is 7.35. The van der Waals surface area contributed by atoms with E-state index < -0.39 is 12.0 Å². The van der Waals surface area contributed by atoms with Crippen LogP contribution in [-0.4, -0.2) is 29.9 Å². The van der Waals surface area contributed by atoms with E-state index in [9.17, 15) is 4.79 Å². The zero-order valence-corrected chi connectivity index (χ0v) is 9.88. The summed E-state index contributed by atoms with van der Waals surface area (Å²) in [5.41, 5.74) is 2.99. The maximum atomic E-state index is 11.0. The smallest absolute Gasteiger partial charge is 0.268 e. The normalized spacial score (nSPS) is 12.4. The number of para-hydroxylation sites is 1. The van der Waals surface area contributed by atoms with Gasteiger partial charge < -0.3 is 9.84 Å². The number of ether oxygens (including phenoxy) is 1. The Hall–Kier alpha value is -1.88. The molecule has 0 aliphatic heterocycles. The van der Waals surface area contributed by atoms with Gasteiger partial charge in [-0.1, -0.05) is 12.1 Å². The molecule has 0 saturated heterocycles. The minimum absolute atomic E-state index is 0.546. The van der Waals surface area contributed by atoms with Crippen molar-refractivity contribution in [1.82, 2.24) is 5.43 Å². The van der Waals surface area contributed by atoms with Gasteiger partial charge in [-0.25, -0.2) is 5.43 Å². The van der Waals surface area contributed by atoms with Gasteiger partial charge >= 0.3 is 0 Å². The van der Waals surface area contributed by atoms with E-state index in [-0.39, 0.29) is 0 Å². The molecule has 5 nitrogen and oxygen atoms in total. The van der Waals surface area contributed by atoms with Crippen LogP contribution in [-0.2, 0) is 4.79 Å². The molecular formula is C12H16N2O3. The van der Waals surface area contributed by atoms with Crippen molar-refractivity contribution in [3.63, 3.8) is 0 Å². The third-order valence-electron chi connectivity index (χ3n) is 1.98. The highest BCUT2D eigenvalue weighted by Gasteiger charge is 2.06. The van der Waals surface area contributed by atoms with Gasteiger partial charge in [-0.2, -0.15) is 5.10 Å². The molecule has 0 fully saturated rings. The minimum atomic E-state index is -1.07. The Balaban J connectivity index is 2.67. The van der Waals surface area contributed by atoms with Crippen LogP contribution in [0.3, 0.4) is 0 Å². The number of hydrazone groups is 1. The first-order chi connectivity index (χ1) is 8.15. The van der Waals surface area contributed by atoms with Crippen LogP contribution < -0.4 is 10.2 Å². The molecule has 0 radical (unpaired) electrons. The molecule has 5 heteroatoms. The number of carbonyl (C=O) groups excluding carboxylic acids is 1. The molecule has 1 aromatic rings. The van der Waals surface area contributed by atoms with Crippen LogP contribution >= 0.6 is 0 Å². The molecular weight excluding hydrogens is 220 g/mol. The molecule has 0 aliphatic carbocycles.